The molecule has 0 aliphatic rings. The van der Waals surface area contributed by atoms with Crippen LogP contribution in [0.15, 0.2) is 109 Å². The van der Waals surface area contributed by atoms with Gasteiger partial charge in [0.1, 0.15) is 13.2 Å². The Kier molecular flexibility index (Phi) is 67.2. The Balaban J connectivity index is 3.94. The summed E-state index contributed by atoms with van der Waals surface area (Å²) in [7, 11) is 0. The van der Waals surface area contributed by atoms with Crippen molar-refractivity contribution in [3.8, 4) is 0 Å². The van der Waals surface area contributed by atoms with Crippen molar-refractivity contribution in [2.45, 2.75) is 348 Å². The standard InChI is InChI=1S/C77H132O6/c1-4-7-10-13-15-17-19-21-23-25-27-29-31-33-34-35-36-37-38-39-40-41-42-44-45-47-49-51-53-55-57-59-61-64-67-70-76(79)82-73-74(72-81-75(78)69-66-63-12-9-6-3)83-77(80)71-68-65-62-60-58-56-54-52-50-48-46-43-32-30-28-26-24-22-20-18-16-14-11-8-5-2/h7-8,10-11,15-18,21-24,27-30,33-34,74H,4-6,9,12-14,19-20,25-26,31-32,35-73H2,1-3H3/b10-7-,11-8-,17-15-,18-16-,23-21-,24-22-,29-27-,30-28-,34-33-. The van der Waals surface area contributed by atoms with Crippen molar-refractivity contribution in [3.63, 3.8) is 0 Å². The van der Waals surface area contributed by atoms with Crippen LogP contribution in [0, 0.1) is 0 Å². The number of ether oxygens (including phenoxy) is 3. The second kappa shape index (κ2) is 70.6. The van der Waals surface area contributed by atoms with Crippen LogP contribution in [0.5, 0.6) is 0 Å². The lowest BCUT2D eigenvalue weighted by molar-refractivity contribution is -0.167. The molecule has 0 rings (SSSR count). The summed E-state index contributed by atoms with van der Waals surface area (Å²) in [5, 5.41) is 0. The first kappa shape index (κ1) is 79.1. The number of hydrogen-bond acceptors (Lipinski definition) is 6. The first-order chi connectivity index (χ1) is 41.0. The molecule has 0 aromatic rings. The highest BCUT2D eigenvalue weighted by molar-refractivity contribution is 5.71. The molecule has 0 amide bonds. The number of rotatable bonds is 64. The zero-order valence-corrected chi connectivity index (χ0v) is 54.7. The minimum atomic E-state index is -0.775. The van der Waals surface area contributed by atoms with E-state index in [1.807, 2.05) is 0 Å². The largest absolute Gasteiger partial charge is 0.462 e. The summed E-state index contributed by atoms with van der Waals surface area (Å²) in [6, 6.07) is 0. The van der Waals surface area contributed by atoms with Crippen LogP contribution in [0.25, 0.3) is 0 Å². The smallest absolute Gasteiger partial charge is 0.306 e. The molecule has 0 spiro atoms. The fraction of sp³-hybridized carbons (Fsp3) is 0.727. The third-order valence-electron chi connectivity index (χ3n) is 15.3. The van der Waals surface area contributed by atoms with Gasteiger partial charge in [0.15, 0.2) is 6.10 Å². The maximum Gasteiger partial charge on any atom is 0.306 e. The molecular formula is C77H132O6. The minimum Gasteiger partial charge on any atom is -0.462 e. The van der Waals surface area contributed by atoms with Gasteiger partial charge in [0.2, 0.25) is 0 Å². The van der Waals surface area contributed by atoms with Crippen LogP contribution in [-0.4, -0.2) is 37.2 Å². The predicted octanol–water partition coefficient (Wildman–Crippen LogP) is 24.6. The monoisotopic (exact) mass is 1150 g/mol. The molecule has 0 heterocycles. The van der Waals surface area contributed by atoms with Crippen LogP contribution < -0.4 is 0 Å². The van der Waals surface area contributed by atoms with Crippen molar-refractivity contribution in [2.24, 2.45) is 0 Å². The van der Waals surface area contributed by atoms with Gasteiger partial charge in [0.25, 0.3) is 0 Å². The predicted molar refractivity (Wildman–Crippen MR) is 362 cm³/mol. The molecule has 0 aliphatic carbocycles. The molecule has 6 nitrogen and oxygen atoms in total. The highest BCUT2D eigenvalue weighted by Gasteiger charge is 2.19. The maximum absolute atomic E-state index is 12.9. The zero-order chi connectivity index (χ0) is 59.9. The summed E-state index contributed by atoms with van der Waals surface area (Å²) in [5.74, 6) is -0.877. The Labute approximate surface area is 514 Å². The van der Waals surface area contributed by atoms with Gasteiger partial charge in [0, 0.05) is 19.3 Å². The molecular weight excluding hydrogens is 1020 g/mol. The van der Waals surface area contributed by atoms with E-state index < -0.39 is 6.10 Å². The summed E-state index contributed by atoms with van der Waals surface area (Å²) in [5.41, 5.74) is 0. The molecule has 0 radical (unpaired) electrons. The van der Waals surface area contributed by atoms with E-state index in [1.165, 1.54) is 180 Å². The normalized spacial score (nSPS) is 12.8. The van der Waals surface area contributed by atoms with E-state index in [1.54, 1.807) is 0 Å². The first-order valence-electron chi connectivity index (χ1n) is 35.4. The second-order valence-corrected chi connectivity index (χ2v) is 23.4. The highest BCUT2D eigenvalue weighted by Crippen LogP contribution is 2.18. The summed E-state index contributed by atoms with van der Waals surface area (Å²) in [6.07, 6.45) is 97.5. The van der Waals surface area contributed by atoms with Crippen LogP contribution in [0.1, 0.15) is 342 Å². The molecule has 476 valence electrons. The van der Waals surface area contributed by atoms with E-state index in [2.05, 4.69) is 130 Å². The van der Waals surface area contributed by atoms with E-state index in [4.69, 9.17) is 14.2 Å². The molecule has 0 fully saturated rings. The average molecular weight is 1150 g/mol. The Hall–Kier alpha value is -3.93. The third-order valence-corrected chi connectivity index (χ3v) is 15.3. The summed E-state index contributed by atoms with van der Waals surface area (Å²) in [4.78, 5) is 38.0. The van der Waals surface area contributed by atoms with Crippen molar-refractivity contribution in [1.29, 1.82) is 0 Å². The number of unbranched alkanes of at least 4 members (excludes halogenated alkanes) is 35. The highest BCUT2D eigenvalue weighted by atomic mass is 16.6. The maximum atomic E-state index is 12.9. The van der Waals surface area contributed by atoms with Crippen molar-refractivity contribution in [1.82, 2.24) is 0 Å². The third kappa shape index (κ3) is 68.7. The Morgan fingerprint density at radius 2 is 0.470 bits per heavy atom. The van der Waals surface area contributed by atoms with Crippen molar-refractivity contribution in [3.05, 3.63) is 109 Å². The molecule has 0 saturated heterocycles. The van der Waals surface area contributed by atoms with Crippen LogP contribution in [0.2, 0.25) is 0 Å². The second-order valence-electron chi connectivity index (χ2n) is 23.4. The molecule has 6 heteroatoms. The van der Waals surface area contributed by atoms with Gasteiger partial charge in [-0.2, -0.15) is 0 Å². The Morgan fingerprint density at radius 1 is 0.253 bits per heavy atom. The summed E-state index contributed by atoms with van der Waals surface area (Å²) < 4.78 is 16.8. The fourth-order valence-corrected chi connectivity index (χ4v) is 10.1. The van der Waals surface area contributed by atoms with Gasteiger partial charge >= 0.3 is 17.9 Å². The number of allylic oxidation sites excluding steroid dienone is 18. The molecule has 1 atom stereocenters. The van der Waals surface area contributed by atoms with Gasteiger partial charge in [-0.05, 0) is 103 Å². The molecule has 83 heavy (non-hydrogen) atoms. The van der Waals surface area contributed by atoms with Crippen molar-refractivity contribution >= 4 is 17.9 Å². The lowest BCUT2D eigenvalue weighted by Crippen LogP contribution is -2.30. The van der Waals surface area contributed by atoms with E-state index in [0.717, 1.165) is 122 Å². The lowest BCUT2D eigenvalue weighted by Gasteiger charge is -2.18. The van der Waals surface area contributed by atoms with Crippen LogP contribution >= 0.6 is 0 Å². The van der Waals surface area contributed by atoms with Crippen LogP contribution in [0.4, 0.5) is 0 Å². The number of carbonyl (C=O) groups is 3. The molecule has 0 aromatic carbocycles. The van der Waals surface area contributed by atoms with Gasteiger partial charge in [-0.3, -0.25) is 14.4 Å². The summed E-state index contributed by atoms with van der Waals surface area (Å²) >= 11 is 0. The fourth-order valence-electron chi connectivity index (χ4n) is 10.1. The van der Waals surface area contributed by atoms with Crippen molar-refractivity contribution in [2.75, 3.05) is 13.2 Å². The lowest BCUT2D eigenvalue weighted by atomic mass is 10.0. The van der Waals surface area contributed by atoms with Gasteiger partial charge < -0.3 is 14.2 Å². The van der Waals surface area contributed by atoms with Gasteiger partial charge in [-0.15, -0.1) is 0 Å². The molecule has 0 saturated carbocycles. The summed E-state index contributed by atoms with van der Waals surface area (Å²) in [6.45, 7) is 6.36. The quantitative estimate of drug-likeness (QED) is 0.0261. The molecule has 0 N–H and O–H groups in total. The average Bonchev–Trinajstić information content (AvgIpc) is 3.49. The van der Waals surface area contributed by atoms with Crippen LogP contribution in [0.3, 0.4) is 0 Å². The van der Waals surface area contributed by atoms with E-state index in [-0.39, 0.29) is 31.1 Å². The molecule has 0 bridgehead atoms. The van der Waals surface area contributed by atoms with E-state index in [9.17, 15) is 14.4 Å². The van der Waals surface area contributed by atoms with E-state index >= 15 is 0 Å². The number of hydrogen-bond donors (Lipinski definition) is 0. The Bertz CT molecular complexity index is 1660. The SMILES string of the molecule is CC/C=C\C/C=C\C/C=C\C/C=C\C/C=C\CCCCCCCCCCCCCCCCCCCCCC(=O)OCC(COC(=O)CCCCCCC)OC(=O)CCCCCCCCCCCCCC/C=C\C/C=C\C/C=C\C/C=C\CC. The van der Waals surface area contributed by atoms with Gasteiger partial charge in [-0.25, -0.2) is 0 Å². The Morgan fingerprint density at radius 3 is 0.735 bits per heavy atom. The zero-order valence-electron chi connectivity index (χ0n) is 54.7. The molecule has 0 aromatic heterocycles. The number of esters is 3. The van der Waals surface area contributed by atoms with Gasteiger partial charge in [0.05, 0.1) is 0 Å². The number of carbonyl (C=O) groups excluding carboxylic acids is 3. The van der Waals surface area contributed by atoms with Crippen LogP contribution in [-0.2, 0) is 28.6 Å². The topological polar surface area (TPSA) is 78.9 Å². The van der Waals surface area contributed by atoms with Crippen molar-refractivity contribution < 1.29 is 28.6 Å². The first-order valence-corrected chi connectivity index (χ1v) is 35.4. The molecule has 0 aliphatic heterocycles. The molecule has 1 unspecified atom stereocenters. The van der Waals surface area contributed by atoms with E-state index in [0.29, 0.717) is 19.3 Å². The minimum absolute atomic E-state index is 0.0747. The van der Waals surface area contributed by atoms with Gasteiger partial charge in [-0.1, -0.05) is 329 Å².